The SMILES string of the molecule is CC(=O)N(C)C[C@H]1Oc2cc(C#C[C@@H](C)O)ccc2S(=O)(=O)N([C@@H](C)CO)C[C@H]1C. The van der Waals surface area contributed by atoms with Crippen LogP contribution < -0.4 is 4.74 Å². The molecule has 8 nitrogen and oxygen atoms in total. The lowest BCUT2D eigenvalue weighted by atomic mass is 10.0. The van der Waals surface area contributed by atoms with Gasteiger partial charge in [0, 0.05) is 38.0 Å². The lowest BCUT2D eigenvalue weighted by molar-refractivity contribution is -0.129. The number of aliphatic hydroxyl groups excluding tert-OH is 2. The zero-order chi connectivity index (χ0) is 22.6. The summed E-state index contributed by atoms with van der Waals surface area (Å²) in [6, 6.07) is 3.89. The van der Waals surface area contributed by atoms with Gasteiger partial charge in [0.2, 0.25) is 15.9 Å². The van der Waals surface area contributed by atoms with Gasteiger partial charge in [0.25, 0.3) is 0 Å². The Hall–Kier alpha value is -2.12. The number of ether oxygens (including phenoxy) is 1. The van der Waals surface area contributed by atoms with Crippen LogP contribution in [0.25, 0.3) is 0 Å². The fraction of sp³-hybridized carbons (Fsp3) is 0.571. The van der Waals surface area contributed by atoms with Crippen LogP contribution in [0.4, 0.5) is 0 Å². The first kappa shape index (κ1) is 24.2. The molecule has 1 amide bonds. The van der Waals surface area contributed by atoms with E-state index >= 15 is 0 Å². The van der Waals surface area contributed by atoms with E-state index in [1.807, 2.05) is 6.92 Å². The van der Waals surface area contributed by atoms with Crippen molar-refractivity contribution in [1.82, 2.24) is 9.21 Å². The number of likely N-dealkylation sites (N-methyl/N-ethyl adjacent to an activating group) is 1. The molecule has 0 unspecified atom stereocenters. The number of fused-ring (bicyclic) bond motifs is 1. The molecule has 166 valence electrons. The highest BCUT2D eigenvalue weighted by Crippen LogP contribution is 2.34. The van der Waals surface area contributed by atoms with Crippen LogP contribution in [0.5, 0.6) is 5.75 Å². The maximum absolute atomic E-state index is 13.3. The molecule has 0 aliphatic carbocycles. The van der Waals surface area contributed by atoms with Crippen LogP contribution in [0.1, 0.15) is 33.3 Å². The van der Waals surface area contributed by atoms with E-state index in [-0.39, 0.29) is 42.2 Å². The lowest BCUT2D eigenvalue weighted by Gasteiger charge is -2.37. The van der Waals surface area contributed by atoms with Gasteiger partial charge in [-0.15, -0.1) is 0 Å². The van der Waals surface area contributed by atoms with Crippen molar-refractivity contribution < 1.29 is 28.2 Å². The first-order valence-corrected chi connectivity index (χ1v) is 11.3. The minimum Gasteiger partial charge on any atom is -0.487 e. The van der Waals surface area contributed by atoms with E-state index in [1.54, 1.807) is 20.0 Å². The molecule has 1 aliphatic rings. The van der Waals surface area contributed by atoms with Crippen molar-refractivity contribution in [3.05, 3.63) is 23.8 Å². The van der Waals surface area contributed by atoms with Crippen LogP contribution in [0, 0.1) is 17.8 Å². The number of hydrogen-bond acceptors (Lipinski definition) is 6. The summed E-state index contributed by atoms with van der Waals surface area (Å²) in [4.78, 5) is 13.2. The summed E-state index contributed by atoms with van der Waals surface area (Å²) in [5.74, 6) is 5.17. The highest BCUT2D eigenvalue weighted by molar-refractivity contribution is 7.89. The topological polar surface area (TPSA) is 107 Å². The van der Waals surface area contributed by atoms with Gasteiger partial charge in [0.15, 0.2) is 0 Å². The molecule has 2 rings (SSSR count). The number of carbonyl (C=O) groups is 1. The largest absolute Gasteiger partial charge is 0.487 e. The normalized spacial score (nSPS) is 22.9. The summed E-state index contributed by atoms with van der Waals surface area (Å²) in [5, 5.41) is 19.0. The number of aliphatic hydroxyl groups is 2. The lowest BCUT2D eigenvalue weighted by Crippen LogP contribution is -2.50. The fourth-order valence-electron chi connectivity index (χ4n) is 3.11. The van der Waals surface area contributed by atoms with Crippen LogP contribution in [-0.4, -0.2) is 78.7 Å². The third-order valence-electron chi connectivity index (χ3n) is 5.08. The average molecular weight is 439 g/mol. The first-order valence-electron chi connectivity index (χ1n) is 9.82. The maximum Gasteiger partial charge on any atom is 0.247 e. The van der Waals surface area contributed by atoms with Crippen LogP contribution >= 0.6 is 0 Å². The Labute approximate surface area is 178 Å². The summed E-state index contributed by atoms with van der Waals surface area (Å²) >= 11 is 0. The van der Waals surface area contributed by atoms with Gasteiger partial charge < -0.3 is 19.8 Å². The predicted molar refractivity (Wildman–Crippen MR) is 112 cm³/mol. The molecule has 0 bridgehead atoms. The minimum atomic E-state index is -3.93. The van der Waals surface area contributed by atoms with E-state index < -0.39 is 28.3 Å². The molecule has 0 spiro atoms. The van der Waals surface area contributed by atoms with Gasteiger partial charge in [-0.1, -0.05) is 18.8 Å². The molecular weight excluding hydrogens is 408 g/mol. The number of rotatable bonds is 4. The van der Waals surface area contributed by atoms with Crippen LogP contribution in [-0.2, 0) is 14.8 Å². The van der Waals surface area contributed by atoms with Gasteiger partial charge in [-0.05, 0) is 32.0 Å². The summed E-state index contributed by atoms with van der Waals surface area (Å²) in [5.41, 5.74) is 0.499. The molecular formula is C21H30N2O6S. The molecule has 1 aliphatic heterocycles. The van der Waals surface area contributed by atoms with Crippen molar-refractivity contribution in [2.24, 2.45) is 5.92 Å². The summed E-state index contributed by atoms with van der Waals surface area (Å²) in [7, 11) is -2.27. The zero-order valence-corrected chi connectivity index (χ0v) is 18.8. The minimum absolute atomic E-state index is 0.0206. The van der Waals surface area contributed by atoms with E-state index in [0.717, 1.165) is 0 Å². The van der Waals surface area contributed by atoms with Crippen LogP contribution in [0.3, 0.4) is 0 Å². The Morgan fingerprint density at radius 2 is 2.07 bits per heavy atom. The molecule has 0 aromatic heterocycles. The predicted octanol–water partition coefficient (Wildman–Crippen LogP) is 0.666. The zero-order valence-electron chi connectivity index (χ0n) is 18.0. The Kier molecular flexibility index (Phi) is 7.88. The maximum atomic E-state index is 13.3. The molecule has 1 aromatic rings. The van der Waals surface area contributed by atoms with Crippen LogP contribution in [0.2, 0.25) is 0 Å². The number of benzene rings is 1. The van der Waals surface area contributed by atoms with Gasteiger partial charge in [-0.25, -0.2) is 8.42 Å². The van der Waals surface area contributed by atoms with Gasteiger partial charge in [-0.3, -0.25) is 4.79 Å². The third kappa shape index (κ3) is 5.52. The Balaban J connectivity index is 2.60. The van der Waals surface area contributed by atoms with E-state index in [4.69, 9.17) is 4.74 Å². The van der Waals surface area contributed by atoms with Crippen molar-refractivity contribution in [1.29, 1.82) is 0 Å². The average Bonchev–Trinajstić information content (AvgIpc) is 2.68. The molecule has 0 radical (unpaired) electrons. The van der Waals surface area contributed by atoms with E-state index in [0.29, 0.717) is 5.56 Å². The first-order chi connectivity index (χ1) is 14.0. The quantitative estimate of drug-likeness (QED) is 0.669. The van der Waals surface area contributed by atoms with Crippen molar-refractivity contribution >= 4 is 15.9 Å². The van der Waals surface area contributed by atoms with Gasteiger partial charge in [0.05, 0.1) is 13.2 Å². The number of sulfonamides is 1. The van der Waals surface area contributed by atoms with E-state index in [9.17, 15) is 23.4 Å². The summed E-state index contributed by atoms with van der Waals surface area (Å²) < 4.78 is 34.1. The molecule has 0 fully saturated rings. The number of amides is 1. The van der Waals surface area contributed by atoms with Crippen molar-refractivity contribution in [3.63, 3.8) is 0 Å². The van der Waals surface area contributed by atoms with Crippen molar-refractivity contribution in [3.8, 4) is 17.6 Å². The Bertz CT molecular complexity index is 935. The monoisotopic (exact) mass is 438 g/mol. The van der Waals surface area contributed by atoms with Gasteiger partial charge in [-0.2, -0.15) is 4.31 Å². The summed E-state index contributed by atoms with van der Waals surface area (Å²) in [6.07, 6.45) is -1.30. The molecule has 0 saturated heterocycles. The molecule has 30 heavy (non-hydrogen) atoms. The number of hydrogen-bond donors (Lipinski definition) is 2. The Morgan fingerprint density at radius 1 is 1.40 bits per heavy atom. The fourth-order valence-corrected chi connectivity index (χ4v) is 4.93. The molecule has 0 saturated carbocycles. The molecule has 1 aromatic carbocycles. The second-order valence-corrected chi connectivity index (χ2v) is 9.61. The molecule has 4 atom stereocenters. The molecule has 2 N–H and O–H groups in total. The van der Waals surface area contributed by atoms with Crippen molar-refractivity contribution in [2.45, 2.75) is 50.8 Å². The van der Waals surface area contributed by atoms with Crippen LogP contribution in [0.15, 0.2) is 23.1 Å². The Morgan fingerprint density at radius 3 is 2.63 bits per heavy atom. The summed E-state index contributed by atoms with van der Waals surface area (Å²) in [6.45, 7) is 6.59. The molecule has 9 heteroatoms. The van der Waals surface area contributed by atoms with E-state index in [2.05, 4.69) is 11.8 Å². The molecule has 1 heterocycles. The second kappa shape index (κ2) is 9.79. The standard InChI is InChI=1S/C21H30N2O6S/c1-14-11-23(15(2)13-24)30(27,28)21-9-8-18(7-6-16(3)25)10-19(21)29-20(14)12-22(5)17(4)26/h8-10,14-16,20,24-25H,11-13H2,1-5H3/t14-,15+,16-,20-/m1/s1. The number of carbonyl (C=O) groups excluding carboxylic acids is 1. The highest BCUT2D eigenvalue weighted by atomic mass is 32.2. The van der Waals surface area contributed by atoms with Gasteiger partial charge in [0.1, 0.15) is 22.9 Å². The van der Waals surface area contributed by atoms with Gasteiger partial charge >= 0.3 is 0 Å². The highest BCUT2D eigenvalue weighted by Gasteiger charge is 2.38. The second-order valence-electron chi connectivity index (χ2n) is 7.75. The number of nitrogens with zero attached hydrogens (tertiary/aromatic N) is 2. The van der Waals surface area contributed by atoms with Crippen molar-refractivity contribution in [2.75, 3.05) is 26.7 Å². The van der Waals surface area contributed by atoms with E-state index in [1.165, 1.54) is 35.2 Å². The third-order valence-corrected chi connectivity index (χ3v) is 7.10. The smallest absolute Gasteiger partial charge is 0.247 e.